The van der Waals surface area contributed by atoms with Crippen molar-refractivity contribution >= 4 is 11.7 Å². The van der Waals surface area contributed by atoms with Gasteiger partial charge in [0, 0.05) is 16.7 Å². The molecule has 0 saturated carbocycles. The Morgan fingerprint density at radius 1 is 0.692 bits per heavy atom. The molecule has 0 amide bonds. The topological polar surface area (TPSA) is 57.0 Å². The molecular weight excluding hydrogens is 322 g/mol. The summed E-state index contributed by atoms with van der Waals surface area (Å²) in [7, 11) is 0. The molecule has 0 spiro atoms. The van der Waals surface area contributed by atoms with Crippen LogP contribution in [-0.4, -0.2) is 16.8 Å². The number of phenolic OH excluding ortho intramolecular Hbond substituents is 1. The maximum atomic E-state index is 9.58. The van der Waals surface area contributed by atoms with Crippen LogP contribution < -0.4 is 5.32 Å². The van der Waals surface area contributed by atoms with Crippen LogP contribution in [0.25, 0.3) is 0 Å². The van der Waals surface area contributed by atoms with Crippen molar-refractivity contribution in [2.24, 2.45) is 9.98 Å². The Bertz CT molecular complexity index is 963. The Morgan fingerprint density at radius 2 is 1.19 bits per heavy atom. The first-order valence-electron chi connectivity index (χ1n) is 8.51. The maximum absolute atomic E-state index is 9.58. The van der Waals surface area contributed by atoms with Crippen LogP contribution in [0, 0.1) is 0 Å². The monoisotopic (exact) mass is 341 g/mol. The van der Waals surface area contributed by atoms with Gasteiger partial charge in [-0.1, -0.05) is 60.7 Å². The smallest absolute Gasteiger partial charge is 0.177 e. The number of hydrogen-bond donors (Lipinski definition) is 2. The van der Waals surface area contributed by atoms with Crippen LogP contribution in [0.1, 0.15) is 23.6 Å². The van der Waals surface area contributed by atoms with E-state index in [0.29, 0.717) is 0 Å². The first-order valence-corrected chi connectivity index (χ1v) is 8.51. The van der Waals surface area contributed by atoms with Crippen molar-refractivity contribution in [1.82, 2.24) is 5.32 Å². The zero-order chi connectivity index (χ0) is 18.0. The molecule has 4 heteroatoms. The van der Waals surface area contributed by atoms with Crippen LogP contribution in [0.15, 0.2) is 94.9 Å². The third-order valence-electron chi connectivity index (χ3n) is 4.40. The average molecular weight is 341 g/mol. The highest BCUT2D eigenvalue weighted by atomic mass is 16.3. The van der Waals surface area contributed by atoms with Gasteiger partial charge in [0.2, 0.25) is 0 Å². The number of nitrogens with one attached hydrogen (secondary N) is 1. The Hall–Kier alpha value is -3.40. The number of phenols is 1. The van der Waals surface area contributed by atoms with E-state index < -0.39 is 5.66 Å². The minimum atomic E-state index is -0.731. The van der Waals surface area contributed by atoms with E-state index >= 15 is 0 Å². The lowest BCUT2D eigenvalue weighted by atomic mass is 10.0. The summed E-state index contributed by atoms with van der Waals surface area (Å²) in [6.45, 7) is 2.01. The molecule has 0 aliphatic carbocycles. The number of rotatable bonds is 3. The molecule has 1 unspecified atom stereocenters. The van der Waals surface area contributed by atoms with E-state index in [1.807, 2.05) is 79.7 Å². The molecule has 1 heterocycles. The molecule has 26 heavy (non-hydrogen) atoms. The highest BCUT2D eigenvalue weighted by Crippen LogP contribution is 2.31. The van der Waals surface area contributed by atoms with Crippen LogP contribution in [-0.2, 0) is 5.66 Å². The largest absolute Gasteiger partial charge is 0.508 e. The molecule has 1 aliphatic heterocycles. The summed E-state index contributed by atoms with van der Waals surface area (Å²) < 4.78 is 0. The lowest BCUT2D eigenvalue weighted by Gasteiger charge is -2.30. The molecule has 1 atom stereocenters. The van der Waals surface area contributed by atoms with Gasteiger partial charge in [-0.3, -0.25) is 0 Å². The van der Waals surface area contributed by atoms with Gasteiger partial charge in [0.25, 0.3) is 0 Å². The van der Waals surface area contributed by atoms with Gasteiger partial charge < -0.3 is 10.4 Å². The zero-order valence-corrected chi connectivity index (χ0v) is 14.4. The summed E-state index contributed by atoms with van der Waals surface area (Å²) in [6.07, 6.45) is 0. The highest BCUT2D eigenvalue weighted by Gasteiger charge is 2.31. The molecular formula is C22H19N3O. The summed E-state index contributed by atoms with van der Waals surface area (Å²) >= 11 is 0. The van der Waals surface area contributed by atoms with Gasteiger partial charge in [-0.2, -0.15) is 0 Å². The highest BCUT2D eigenvalue weighted by molar-refractivity contribution is 6.16. The van der Waals surface area contributed by atoms with E-state index in [4.69, 9.17) is 9.98 Å². The first kappa shape index (κ1) is 16.1. The fourth-order valence-corrected chi connectivity index (χ4v) is 3.00. The van der Waals surface area contributed by atoms with E-state index in [-0.39, 0.29) is 5.75 Å². The molecule has 0 radical (unpaired) electrons. The Morgan fingerprint density at radius 3 is 1.77 bits per heavy atom. The van der Waals surface area contributed by atoms with Crippen LogP contribution in [0.4, 0.5) is 0 Å². The Kier molecular flexibility index (Phi) is 4.01. The van der Waals surface area contributed by atoms with Crippen molar-refractivity contribution in [3.63, 3.8) is 0 Å². The number of aromatic hydroxyl groups is 1. The van der Waals surface area contributed by atoms with Gasteiger partial charge in [0.05, 0.1) is 0 Å². The molecule has 0 fully saturated rings. The predicted octanol–water partition coefficient (Wildman–Crippen LogP) is 4.06. The van der Waals surface area contributed by atoms with Crippen LogP contribution in [0.5, 0.6) is 5.75 Å². The van der Waals surface area contributed by atoms with Crippen molar-refractivity contribution in [3.8, 4) is 5.75 Å². The van der Waals surface area contributed by atoms with Gasteiger partial charge in [0.1, 0.15) is 17.4 Å². The summed E-state index contributed by atoms with van der Waals surface area (Å²) in [5.74, 6) is 1.73. The van der Waals surface area contributed by atoms with Crippen molar-refractivity contribution < 1.29 is 5.11 Å². The Labute approximate surface area is 152 Å². The van der Waals surface area contributed by atoms with Crippen molar-refractivity contribution in [2.45, 2.75) is 12.6 Å². The summed E-state index contributed by atoms with van der Waals surface area (Å²) in [6, 6.07) is 27.1. The molecule has 3 aromatic carbocycles. The van der Waals surface area contributed by atoms with Gasteiger partial charge in [-0.05, 0) is 31.2 Å². The lowest BCUT2D eigenvalue weighted by Crippen LogP contribution is -2.40. The summed E-state index contributed by atoms with van der Waals surface area (Å²) in [4.78, 5) is 9.81. The third-order valence-corrected chi connectivity index (χ3v) is 4.40. The lowest BCUT2D eigenvalue weighted by molar-refractivity contribution is 0.475. The fraction of sp³-hybridized carbons (Fsp3) is 0.0909. The van der Waals surface area contributed by atoms with E-state index in [1.54, 1.807) is 12.1 Å². The van der Waals surface area contributed by atoms with Crippen molar-refractivity contribution in [3.05, 3.63) is 102 Å². The second-order valence-electron chi connectivity index (χ2n) is 6.35. The van der Waals surface area contributed by atoms with Crippen molar-refractivity contribution in [2.75, 3.05) is 0 Å². The molecule has 128 valence electrons. The predicted molar refractivity (Wildman–Crippen MR) is 105 cm³/mol. The van der Waals surface area contributed by atoms with E-state index in [9.17, 15) is 5.11 Å². The van der Waals surface area contributed by atoms with E-state index in [2.05, 4.69) is 5.32 Å². The summed E-state index contributed by atoms with van der Waals surface area (Å²) in [5, 5.41) is 12.9. The number of benzene rings is 3. The maximum Gasteiger partial charge on any atom is 0.177 e. The molecule has 1 aliphatic rings. The van der Waals surface area contributed by atoms with Crippen LogP contribution in [0.3, 0.4) is 0 Å². The first-order chi connectivity index (χ1) is 12.6. The standard InChI is InChI=1S/C22H19N3O/c1-22(18-10-6-3-7-11-18)24-20(16-8-4-2-5-9-16)23-21(25-22)17-12-14-19(26)15-13-17/h2-15,26H,1H3,(H,23,24,25). The van der Waals surface area contributed by atoms with Gasteiger partial charge >= 0.3 is 0 Å². The second kappa shape index (κ2) is 6.48. The van der Waals surface area contributed by atoms with Gasteiger partial charge in [-0.25, -0.2) is 9.98 Å². The van der Waals surface area contributed by atoms with Gasteiger partial charge in [0.15, 0.2) is 5.66 Å². The number of aliphatic imine (C=N–C) groups is 2. The number of amidine groups is 2. The summed E-state index contributed by atoms with van der Waals surface area (Å²) in [5.41, 5.74) is 2.19. The zero-order valence-electron chi connectivity index (χ0n) is 14.4. The van der Waals surface area contributed by atoms with Crippen LogP contribution in [0.2, 0.25) is 0 Å². The number of nitrogens with zero attached hydrogens (tertiary/aromatic N) is 2. The third kappa shape index (κ3) is 3.09. The average Bonchev–Trinajstić information content (AvgIpc) is 2.69. The van der Waals surface area contributed by atoms with Crippen LogP contribution >= 0.6 is 0 Å². The Balaban J connectivity index is 1.84. The quantitative estimate of drug-likeness (QED) is 0.755. The second-order valence-corrected chi connectivity index (χ2v) is 6.35. The van der Waals surface area contributed by atoms with E-state index in [1.165, 1.54) is 0 Å². The van der Waals surface area contributed by atoms with Crippen molar-refractivity contribution in [1.29, 1.82) is 0 Å². The SMILES string of the molecule is CC1(c2ccccc2)N=C(c2ccccc2)NC(c2ccc(O)cc2)=N1. The molecule has 0 bridgehead atoms. The van der Waals surface area contributed by atoms with E-state index in [0.717, 1.165) is 28.4 Å². The molecule has 2 N–H and O–H groups in total. The minimum absolute atomic E-state index is 0.230. The molecule has 0 saturated heterocycles. The fourth-order valence-electron chi connectivity index (χ4n) is 3.00. The molecule has 4 nitrogen and oxygen atoms in total. The molecule has 3 aromatic rings. The minimum Gasteiger partial charge on any atom is -0.508 e. The molecule has 4 rings (SSSR count). The normalized spacial score (nSPS) is 19.3. The number of hydrogen-bond acceptors (Lipinski definition) is 4. The molecule has 0 aromatic heterocycles. The van der Waals surface area contributed by atoms with Gasteiger partial charge in [-0.15, -0.1) is 0 Å².